The van der Waals surface area contributed by atoms with E-state index in [0.29, 0.717) is 11.3 Å². The molecule has 1 saturated heterocycles. The first kappa shape index (κ1) is 13.4. The van der Waals surface area contributed by atoms with Crippen LogP contribution in [0.2, 0.25) is 0 Å². The minimum absolute atomic E-state index is 0.0206. The van der Waals surface area contributed by atoms with Crippen LogP contribution < -0.4 is 5.73 Å². The molecule has 1 aliphatic carbocycles. The fourth-order valence-electron chi connectivity index (χ4n) is 4.39. The van der Waals surface area contributed by atoms with Crippen molar-refractivity contribution in [3.05, 3.63) is 0 Å². The van der Waals surface area contributed by atoms with Crippen LogP contribution in [-0.2, 0) is 4.74 Å². The van der Waals surface area contributed by atoms with Crippen molar-refractivity contribution in [1.29, 1.82) is 0 Å². The molecule has 2 fully saturated rings. The molecular formula is C15H29NO. The maximum Gasteiger partial charge on any atom is 0.0680 e. The van der Waals surface area contributed by atoms with E-state index in [-0.39, 0.29) is 16.7 Å². The molecule has 0 aromatic carbocycles. The summed E-state index contributed by atoms with van der Waals surface area (Å²) in [5.74, 6) is 0.478. The zero-order chi connectivity index (χ0) is 13.1. The maximum atomic E-state index is 6.76. The number of ether oxygens (including phenoxy) is 1. The third-order valence-electron chi connectivity index (χ3n) is 4.84. The van der Waals surface area contributed by atoms with Crippen molar-refractivity contribution in [3.63, 3.8) is 0 Å². The molecule has 0 bridgehead atoms. The lowest BCUT2D eigenvalue weighted by Crippen LogP contribution is -2.52. The Kier molecular flexibility index (Phi) is 2.73. The van der Waals surface area contributed by atoms with Crippen LogP contribution >= 0.6 is 0 Å². The number of hydrogen-bond donors (Lipinski definition) is 1. The predicted molar refractivity (Wildman–Crippen MR) is 71.9 cm³/mol. The van der Waals surface area contributed by atoms with Crippen LogP contribution in [0.3, 0.4) is 0 Å². The van der Waals surface area contributed by atoms with E-state index in [1.54, 1.807) is 0 Å². The van der Waals surface area contributed by atoms with Crippen molar-refractivity contribution in [2.24, 2.45) is 17.1 Å². The molecule has 2 rings (SSSR count). The van der Waals surface area contributed by atoms with Crippen molar-refractivity contribution in [2.45, 2.75) is 84.0 Å². The SMILES string of the molecule is CC1(C)CCC(N)(C2CC(C)(C)OC2(C)C)C1. The van der Waals surface area contributed by atoms with Gasteiger partial charge in [0.2, 0.25) is 0 Å². The second-order valence-electron chi connectivity index (χ2n) is 8.30. The summed E-state index contributed by atoms with van der Waals surface area (Å²) in [6.07, 6.45) is 4.62. The third kappa shape index (κ3) is 2.39. The lowest BCUT2D eigenvalue weighted by molar-refractivity contribution is -0.0820. The van der Waals surface area contributed by atoms with E-state index in [1.807, 2.05) is 0 Å². The van der Waals surface area contributed by atoms with Crippen LogP contribution in [0.4, 0.5) is 0 Å². The van der Waals surface area contributed by atoms with Crippen LogP contribution in [0, 0.1) is 11.3 Å². The van der Waals surface area contributed by atoms with E-state index in [1.165, 1.54) is 6.42 Å². The van der Waals surface area contributed by atoms with Gasteiger partial charge in [0.15, 0.2) is 0 Å². The minimum atomic E-state index is -0.0847. The Morgan fingerprint density at radius 1 is 1.00 bits per heavy atom. The summed E-state index contributed by atoms with van der Waals surface area (Å²) in [7, 11) is 0. The van der Waals surface area contributed by atoms with Crippen molar-refractivity contribution < 1.29 is 4.74 Å². The van der Waals surface area contributed by atoms with Gasteiger partial charge < -0.3 is 10.5 Å². The first-order chi connectivity index (χ1) is 7.46. The van der Waals surface area contributed by atoms with Gasteiger partial charge in [-0.3, -0.25) is 0 Å². The molecule has 0 radical (unpaired) electrons. The van der Waals surface area contributed by atoms with Gasteiger partial charge >= 0.3 is 0 Å². The highest BCUT2D eigenvalue weighted by molar-refractivity contribution is 5.10. The molecule has 1 aliphatic heterocycles. The molecule has 2 aliphatic rings. The summed E-state index contributed by atoms with van der Waals surface area (Å²) < 4.78 is 6.21. The van der Waals surface area contributed by atoms with E-state index >= 15 is 0 Å². The quantitative estimate of drug-likeness (QED) is 0.760. The van der Waals surface area contributed by atoms with Gasteiger partial charge in [0.1, 0.15) is 0 Å². The maximum absolute atomic E-state index is 6.76. The second-order valence-corrected chi connectivity index (χ2v) is 8.30. The first-order valence-electron chi connectivity index (χ1n) is 6.95. The average molecular weight is 239 g/mol. The molecule has 100 valence electrons. The highest BCUT2D eigenvalue weighted by Crippen LogP contribution is 2.54. The molecular weight excluding hydrogens is 210 g/mol. The summed E-state index contributed by atoms with van der Waals surface area (Å²) in [6.45, 7) is 13.5. The average Bonchev–Trinajstić information content (AvgIpc) is 2.46. The smallest absolute Gasteiger partial charge is 0.0680 e. The Morgan fingerprint density at radius 2 is 1.59 bits per heavy atom. The van der Waals surface area contributed by atoms with Crippen LogP contribution in [0.25, 0.3) is 0 Å². The Balaban J connectivity index is 2.24. The molecule has 2 unspecified atom stereocenters. The minimum Gasteiger partial charge on any atom is -0.369 e. The number of nitrogens with two attached hydrogens (primary N) is 1. The summed E-state index contributed by atoms with van der Waals surface area (Å²) in [4.78, 5) is 0. The topological polar surface area (TPSA) is 35.2 Å². The Bertz CT molecular complexity index is 319. The lowest BCUT2D eigenvalue weighted by Gasteiger charge is -2.39. The Labute approximate surface area is 106 Å². The highest BCUT2D eigenvalue weighted by atomic mass is 16.5. The Morgan fingerprint density at radius 3 is 1.94 bits per heavy atom. The standard InChI is InChI=1S/C15H29NO/c1-12(2)7-8-15(16,10-12)11-9-13(3,4)17-14(11,5)6/h11H,7-10,16H2,1-6H3. The fraction of sp³-hybridized carbons (Fsp3) is 1.00. The lowest BCUT2D eigenvalue weighted by atomic mass is 9.70. The van der Waals surface area contributed by atoms with Crippen molar-refractivity contribution in [2.75, 3.05) is 0 Å². The van der Waals surface area contributed by atoms with E-state index in [4.69, 9.17) is 10.5 Å². The molecule has 0 aromatic heterocycles. The Hall–Kier alpha value is -0.0800. The van der Waals surface area contributed by atoms with E-state index in [0.717, 1.165) is 19.3 Å². The van der Waals surface area contributed by atoms with Crippen LogP contribution in [0.5, 0.6) is 0 Å². The second kappa shape index (κ2) is 3.48. The largest absolute Gasteiger partial charge is 0.369 e. The van der Waals surface area contributed by atoms with Gasteiger partial charge in [-0.1, -0.05) is 13.8 Å². The number of hydrogen-bond acceptors (Lipinski definition) is 2. The van der Waals surface area contributed by atoms with E-state index < -0.39 is 0 Å². The molecule has 0 spiro atoms. The van der Waals surface area contributed by atoms with Crippen LogP contribution in [-0.4, -0.2) is 16.7 Å². The van der Waals surface area contributed by atoms with Crippen LogP contribution in [0.1, 0.15) is 67.2 Å². The zero-order valence-corrected chi connectivity index (χ0v) is 12.4. The molecule has 0 amide bonds. The number of rotatable bonds is 1. The van der Waals surface area contributed by atoms with Gasteiger partial charge in [-0.2, -0.15) is 0 Å². The third-order valence-corrected chi connectivity index (χ3v) is 4.84. The molecule has 2 N–H and O–H groups in total. The summed E-state index contributed by atoms with van der Waals surface area (Å²) in [5, 5.41) is 0. The normalized spacial score (nSPS) is 42.9. The highest BCUT2D eigenvalue weighted by Gasteiger charge is 2.56. The molecule has 2 nitrogen and oxygen atoms in total. The van der Waals surface area contributed by atoms with Crippen molar-refractivity contribution in [1.82, 2.24) is 0 Å². The summed E-state index contributed by atoms with van der Waals surface area (Å²) in [6, 6.07) is 0. The monoisotopic (exact) mass is 239 g/mol. The van der Waals surface area contributed by atoms with E-state index in [9.17, 15) is 0 Å². The van der Waals surface area contributed by atoms with Crippen molar-refractivity contribution in [3.8, 4) is 0 Å². The van der Waals surface area contributed by atoms with Gasteiger partial charge in [-0.05, 0) is 58.8 Å². The van der Waals surface area contributed by atoms with Crippen LogP contribution in [0.15, 0.2) is 0 Å². The van der Waals surface area contributed by atoms with Gasteiger partial charge in [-0.25, -0.2) is 0 Å². The molecule has 1 saturated carbocycles. The molecule has 0 aromatic rings. The summed E-state index contributed by atoms with van der Waals surface area (Å²) >= 11 is 0. The molecule has 17 heavy (non-hydrogen) atoms. The molecule has 2 atom stereocenters. The van der Waals surface area contributed by atoms with Gasteiger partial charge in [0.05, 0.1) is 11.2 Å². The molecule has 2 heteroatoms. The van der Waals surface area contributed by atoms with Crippen molar-refractivity contribution >= 4 is 0 Å². The zero-order valence-electron chi connectivity index (χ0n) is 12.4. The molecule has 1 heterocycles. The first-order valence-corrected chi connectivity index (χ1v) is 6.95. The van der Waals surface area contributed by atoms with Gasteiger partial charge in [-0.15, -0.1) is 0 Å². The van der Waals surface area contributed by atoms with E-state index in [2.05, 4.69) is 41.5 Å². The predicted octanol–water partition coefficient (Wildman–Crippen LogP) is 3.49. The summed E-state index contributed by atoms with van der Waals surface area (Å²) in [5.41, 5.74) is 7.02. The fourth-order valence-corrected chi connectivity index (χ4v) is 4.39. The van der Waals surface area contributed by atoms with Gasteiger partial charge in [0.25, 0.3) is 0 Å². The van der Waals surface area contributed by atoms with Gasteiger partial charge in [0, 0.05) is 11.5 Å².